The van der Waals surface area contributed by atoms with E-state index in [1.807, 2.05) is 25.1 Å². The Hall–Kier alpha value is -0.860. The lowest BCUT2D eigenvalue weighted by Gasteiger charge is -2.26. The molecular weight excluding hydrogens is 174 g/mol. The van der Waals surface area contributed by atoms with E-state index >= 15 is 0 Å². The molecule has 2 heteroatoms. The van der Waals surface area contributed by atoms with Crippen LogP contribution in [0, 0.1) is 0 Å². The molecule has 0 saturated heterocycles. The summed E-state index contributed by atoms with van der Waals surface area (Å²) >= 11 is 0. The molecule has 1 unspecified atom stereocenters. The Morgan fingerprint density at radius 1 is 1.21 bits per heavy atom. The van der Waals surface area contributed by atoms with Gasteiger partial charge >= 0.3 is 0 Å². The fourth-order valence-corrected chi connectivity index (χ4v) is 1.75. The Bertz CT molecular complexity index is 254. The number of benzene rings is 1. The standard InChI is InChI=1S/C12H18O.H3N/c1-10(13)9-12(2,3)11-7-5-4-6-8-11;/h4-8,10,13H,9H2,1-3H3;1H3. The molecule has 0 saturated carbocycles. The molecule has 1 aromatic carbocycles. The molecule has 0 aliphatic carbocycles. The molecular formula is C12H21NO. The summed E-state index contributed by atoms with van der Waals surface area (Å²) in [7, 11) is 0. The third-order valence-electron chi connectivity index (χ3n) is 2.36. The van der Waals surface area contributed by atoms with Gasteiger partial charge in [0.05, 0.1) is 6.10 Å². The van der Waals surface area contributed by atoms with E-state index in [0.29, 0.717) is 0 Å². The van der Waals surface area contributed by atoms with Gasteiger partial charge in [-0.3, -0.25) is 0 Å². The van der Waals surface area contributed by atoms with Crippen LogP contribution in [0.5, 0.6) is 0 Å². The summed E-state index contributed by atoms with van der Waals surface area (Å²) in [6, 6.07) is 10.3. The highest BCUT2D eigenvalue weighted by atomic mass is 16.3. The van der Waals surface area contributed by atoms with Crippen molar-refractivity contribution >= 4 is 0 Å². The van der Waals surface area contributed by atoms with Gasteiger partial charge in [-0.15, -0.1) is 0 Å². The van der Waals surface area contributed by atoms with Crippen molar-refractivity contribution in [2.24, 2.45) is 0 Å². The summed E-state index contributed by atoms with van der Waals surface area (Å²) in [5.41, 5.74) is 1.35. The second kappa shape index (κ2) is 5.13. The largest absolute Gasteiger partial charge is 0.393 e. The van der Waals surface area contributed by atoms with Gasteiger partial charge in [0.2, 0.25) is 0 Å². The van der Waals surface area contributed by atoms with Gasteiger partial charge in [0.25, 0.3) is 0 Å². The zero-order valence-electron chi connectivity index (χ0n) is 9.33. The molecule has 1 aromatic rings. The van der Waals surface area contributed by atoms with Crippen LogP contribution in [0.1, 0.15) is 32.8 Å². The molecule has 0 spiro atoms. The van der Waals surface area contributed by atoms with Crippen LogP contribution in [0.3, 0.4) is 0 Å². The highest BCUT2D eigenvalue weighted by molar-refractivity contribution is 5.23. The molecule has 2 nitrogen and oxygen atoms in total. The van der Waals surface area contributed by atoms with Gasteiger partial charge in [-0.05, 0) is 24.3 Å². The van der Waals surface area contributed by atoms with Crippen LogP contribution in [0.15, 0.2) is 30.3 Å². The summed E-state index contributed by atoms with van der Waals surface area (Å²) in [5, 5.41) is 9.35. The molecule has 0 fully saturated rings. The highest BCUT2D eigenvalue weighted by Crippen LogP contribution is 2.27. The van der Waals surface area contributed by atoms with Gasteiger partial charge in [0.1, 0.15) is 0 Å². The Labute approximate surface area is 86.6 Å². The maximum atomic E-state index is 9.35. The normalized spacial score (nSPS) is 13.1. The monoisotopic (exact) mass is 195 g/mol. The fraction of sp³-hybridized carbons (Fsp3) is 0.500. The zero-order valence-corrected chi connectivity index (χ0v) is 9.33. The van der Waals surface area contributed by atoms with Gasteiger partial charge < -0.3 is 11.3 Å². The summed E-state index contributed by atoms with van der Waals surface area (Å²) in [6.07, 6.45) is 0.562. The minimum atomic E-state index is -0.241. The SMILES string of the molecule is CC(O)CC(C)(C)c1ccccc1.N. The van der Waals surface area contributed by atoms with Gasteiger partial charge in [-0.25, -0.2) is 0 Å². The minimum absolute atomic E-state index is 0. The van der Waals surface area contributed by atoms with Crippen LogP contribution >= 0.6 is 0 Å². The lowest BCUT2D eigenvalue weighted by molar-refractivity contribution is 0.157. The van der Waals surface area contributed by atoms with E-state index in [0.717, 1.165) is 6.42 Å². The van der Waals surface area contributed by atoms with Crippen molar-refractivity contribution in [1.29, 1.82) is 0 Å². The summed E-state index contributed by atoms with van der Waals surface area (Å²) < 4.78 is 0. The van der Waals surface area contributed by atoms with Crippen LogP contribution in [0.25, 0.3) is 0 Å². The molecule has 0 radical (unpaired) electrons. The zero-order chi connectivity index (χ0) is 9.90. The molecule has 0 aliphatic rings. The molecule has 0 bridgehead atoms. The van der Waals surface area contributed by atoms with Crippen molar-refractivity contribution in [2.45, 2.75) is 38.7 Å². The van der Waals surface area contributed by atoms with Crippen LogP contribution in [0.4, 0.5) is 0 Å². The molecule has 14 heavy (non-hydrogen) atoms. The topological polar surface area (TPSA) is 55.2 Å². The highest BCUT2D eigenvalue weighted by Gasteiger charge is 2.21. The molecule has 0 aliphatic heterocycles. The third-order valence-corrected chi connectivity index (χ3v) is 2.36. The Kier molecular flexibility index (Phi) is 4.81. The second-order valence-corrected chi connectivity index (χ2v) is 4.30. The van der Waals surface area contributed by atoms with Crippen LogP contribution in [0.2, 0.25) is 0 Å². The van der Waals surface area contributed by atoms with E-state index in [2.05, 4.69) is 26.0 Å². The molecule has 4 N–H and O–H groups in total. The first-order valence-corrected chi connectivity index (χ1v) is 4.76. The van der Waals surface area contributed by atoms with Crippen molar-refractivity contribution in [3.8, 4) is 0 Å². The lowest BCUT2D eigenvalue weighted by atomic mass is 9.80. The van der Waals surface area contributed by atoms with E-state index in [1.165, 1.54) is 5.56 Å². The van der Waals surface area contributed by atoms with Gasteiger partial charge in [0.15, 0.2) is 0 Å². The minimum Gasteiger partial charge on any atom is -0.393 e. The predicted octanol–water partition coefficient (Wildman–Crippen LogP) is 2.90. The van der Waals surface area contributed by atoms with Crippen LogP contribution in [-0.4, -0.2) is 11.2 Å². The Morgan fingerprint density at radius 2 is 1.71 bits per heavy atom. The molecule has 1 atom stereocenters. The Balaban J connectivity index is 0.00000169. The van der Waals surface area contributed by atoms with Gasteiger partial charge in [-0.2, -0.15) is 0 Å². The van der Waals surface area contributed by atoms with Crippen molar-refractivity contribution in [2.75, 3.05) is 0 Å². The fourth-order valence-electron chi connectivity index (χ4n) is 1.75. The van der Waals surface area contributed by atoms with Crippen molar-refractivity contribution in [1.82, 2.24) is 6.15 Å². The first-order valence-electron chi connectivity index (χ1n) is 4.76. The third kappa shape index (κ3) is 3.48. The average molecular weight is 195 g/mol. The average Bonchev–Trinajstić information content (AvgIpc) is 2.04. The molecule has 0 aromatic heterocycles. The van der Waals surface area contributed by atoms with E-state index in [4.69, 9.17) is 0 Å². The summed E-state index contributed by atoms with van der Waals surface area (Å²) in [4.78, 5) is 0. The van der Waals surface area contributed by atoms with E-state index in [-0.39, 0.29) is 17.7 Å². The van der Waals surface area contributed by atoms with Crippen molar-refractivity contribution < 1.29 is 5.11 Å². The quantitative estimate of drug-likeness (QED) is 0.779. The molecule has 1 rings (SSSR count). The number of hydrogen-bond acceptors (Lipinski definition) is 2. The van der Waals surface area contributed by atoms with E-state index in [9.17, 15) is 5.11 Å². The number of hydrogen-bond donors (Lipinski definition) is 2. The number of aliphatic hydroxyl groups excluding tert-OH is 1. The van der Waals surface area contributed by atoms with Crippen molar-refractivity contribution in [3.63, 3.8) is 0 Å². The number of aliphatic hydroxyl groups is 1. The van der Waals surface area contributed by atoms with Crippen LogP contribution in [-0.2, 0) is 5.41 Å². The molecule has 0 heterocycles. The van der Waals surface area contributed by atoms with E-state index < -0.39 is 0 Å². The maximum absolute atomic E-state index is 9.35. The summed E-state index contributed by atoms with van der Waals surface area (Å²) in [6.45, 7) is 6.16. The maximum Gasteiger partial charge on any atom is 0.0520 e. The van der Waals surface area contributed by atoms with Gasteiger partial charge in [-0.1, -0.05) is 44.2 Å². The van der Waals surface area contributed by atoms with E-state index in [1.54, 1.807) is 0 Å². The summed E-state index contributed by atoms with van der Waals surface area (Å²) in [5.74, 6) is 0. The van der Waals surface area contributed by atoms with Crippen molar-refractivity contribution in [3.05, 3.63) is 35.9 Å². The molecule has 0 amide bonds. The van der Waals surface area contributed by atoms with Gasteiger partial charge in [0, 0.05) is 0 Å². The second-order valence-electron chi connectivity index (χ2n) is 4.30. The molecule has 80 valence electrons. The first kappa shape index (κ1) is 13.1. The Morgan fingerprint density at radius 3 is 2.14 bits per heavy atom. The van der Waals surface area contributed by atoms with Crippen LogP contribution < -0.4 is 6.15 Å². The first-order chi connectivity index (χ1) is 6.02. The predicted molar refractivity (Wildman–Crippen MR) is 60.8 cm³/mol. The lowest BCUT2D eigenvalue weighted by Crippen LogP contribution is -2.22. The smallest absolute Gasteiger partial charge is 0.0520 e. The number of rotatable bonds is 3.